The number of benzene rings is 1. The smallest absolute Gasteiger partial charge is 0.289 e. The minimum absolute atomic E-state index is 0.0644. The number of aliphatic hydroxyl groups excluding tert-OH is 1. The molecule has 0 radical (unpaired) electrons. The van der Waals surface area contributed by atoms with E-state index in [-0.39, 0.29) is 23.5 Å². The quantitative estimate of drug-likeness (QED) is 0.930. The molecule has 2 unspecified atom stereocenters. The van der Waals surface area contributed by atoms with Gasteiger partial charge < -0.3 is 19.2 Å². The summed E-state index contributed by atoms with van der Waals surface area (Å²) >= 11 is 0. The molecule has 2 aromatic rings. The van der Waals surface area contributed by atoms with Crippen molar-refractivity contribution in [3.63, 3.8) is 0 Å². The zero-order valence-electron chi connectivity index (χ0n) is 14.8. The van der Waals surface area contributed by atoms with Crippen LogP contribution in [-0.4, -0.2) is 47.8 Å². The molecular formula is C20H25NO4. The number of rotatable bonds is 3. The van der Waals surface area contributed by atoms with Crippen molar-refractivity contribution in [1.82, 2.24) is 4.90 Å². The Hall–Kier alpha value is -1.85. The van der Waals surface area contributed by atoms with Gasteiger partial charge in [0.2, 0.25) is 0 Å². The lowest BCUT2D eigenvalue weighted by Crippen LogP contribution is -2.62. The standard InChI is InChI=1S/C20H25NO4/c1-3-24-18-12-17(22)20(18)6-8-21(9-7-20)19(23)16-11-14-10-13(2)4-5-15(14)25-16/h4-5,10-11,17-18,22H,3,6-9,12H2,1-2H3. The van der Waals surface area contributed by atoms with Gasteiger partial charge in [-0.2, -0.15) is 0 Å². The van der Waals surface area contributed by atoms with Gasteiger partial charge in [-0.3, -0.25) is 4.79 Å². The van der Waals surface area contributed by atoms with E-state index < -0.39 is 0 Å². The number of carbonyl (C=O) groups excluding carboxylic acids is 1. The number of nitrogens with zero attached hydrogens (tertiary/aromatic N) is 1. The summed E-state index contributed by atoms with van der Waals surface area (Å²) in [5.41, 5.74) is 1.72. The van der Waals surface area contributed by atoms with E-state index in [2.05, 4.69) is 0 Å². The van der Waals surface area contributed by atoms with E-state index in [1.54, 1.807) is 0 Å². The monoisotopic (exact) mass is 343 g/mol. The molecule has 2 heterocycles. The van der Waals surface area contributed by atoms with Gasteiger partial charge in [0.1, 0.15) is 5.58 Å². The van der Waals surface area contributed by atoms with Gasteiger partial charge in [0.25, 0.3) is 5.91 Å². The maximum Gasteiger partial charge on any atom is 0.289 e. The zero-order valence-corrected chi connectivity index (χ0v) is 14.8. The fourth-order valence-electron chi connectivity index (χ4n) is 4.37. The molecular weight excluding hydrogens is 318 g/mol. The van der Waals surface area contributed by atoms with Crippen molar-refractivity contribution in [2.75, 3.05) is 19.7 Å². The topological polar surface area (TPSA) is 62.9 Å². The predicted octanol–water partition coefficient (Wildman–Crippen LogP) is 3.13. The largest absolute Gasteiger partial charge is 0.451 e. The predicted molar refractivity (Wildman–Crippen MR) is 94.6 cm³/mol. The van der Waals surface area contributed by atoms with Crippen molar-refractivity contribution in [1.29, 1.82) is 0 Å². The number of fused-ring (bicyclic) bond motifs is 1. The van der Waals surface area contributed by atoms with Crippen LogP contribution in [-0.2, 0) is 4.74 Å². The Balaban J connectivity index is 1.47. The summed E-state index contributed by atoms with van der Waals surface area (Å²) < 4.78 is 11.5. The molecule has 0 bridgehead atoms. The van der Waals surface area contributed by atoms with Crippen LogP contribution in [0.3, 0.4) is 0 Å². The third-order valence-electron chi connectivity index (χ3n) is 5.97. The highest BCUT2D eigenvalue weighted by molar-refractivity contribution is 5.96. The number of aryl methyl sites for hydroxylation is 1. The molecule has 4 rings (SSSR count). The maximum absolute atomic E-state index is 12.8. The number of hydrogen-bond donors (Lipinski definition) is 1. The van der Waals surface area contributed by atoms with E-state index in [9.17, 15) is 9.90 Å². The van der Waals surface area contributed by atoms with Gasteiger partial charge in [-0.1, -0.05) is 11.6 Å². The first-order valence-corrected chi connectivity index (χ1v) is 9.12. The van der Waals surface area contributed by atoms with E-state index in [0.29, 0.717) is 31.9 Å². The number of furan rings is 1. The normalized spacial score (nSPS) is 25.3. The first-order chi connectivity index (χ1) is 12.0. The highest BCUT2D eigenvalue weighted by atomic mass is 16.5. The number of amides is 1. The SMILES string of the molecule is CCOC1CC(O)C12CCN(C(=O)c1cc3cc(C)ccc3o1)CC2. The first-order valence-electron chi connectivity index (χ1n) is 9.12. The molecule has 1 saturated heterocycles. The zero-order chi connectivity index (χ0) is 17.6. The summed E-state index contributed by atoms with van der Waals surface area (Å²) in [6.45, 7) is 5.95. The van der Waals surface area contributed by atoms with Crippen LogP contribution in [0.2, 0.25) is 0 Å². The number of aliphatic hydroxyl groups is 1. The fraction of sp³-hybridized carbons (Fsp3) is 0.550. The number of piperidine rings is 1. The van der Waals surface area contributed by atoms with Gasteiger partial charge in [-0.25, -0.2) is 0 Å². The van der Waals surface area contributed by atoms with Crippen LogP contribution < -0.4 is 0 Å². The van der Waals surface area contributed by atoms with Crippen molar-refractivity contribution < 1.29 is 19.1 Å². The molecule has 1 aromatic carbocycles. The number of carbonyl (C=O) groups is 1. The van der Waals surface area contributed by atoms with E-state index in [4.69, 9.17) is 9.15 Å². The van der Waals surface area contributed by atoms with Crippen LogP contribution in [0.15, 0.2) is 28.7 Å². The summed E-state index contributed by atoms with van der Waals surface area (Å²) in [6, 6.07) is 7.75. The lowest BCUT2D eigenvalue weighted by atomic mass is 9.58. The molecule has 25 heavy (non-hydrogen) atoms. The minimum atomic E-state index is -0.310. The van der Waals surface area contributed by atoms with Gasteiger partial charge in [0.15, 0.2) is 5.76 Å². The minimum Gasteiger partial charge on any atom is -0.451 e. The molecule has 1 amide bonds. The van der Waals surface area contributed by atoms with Crippen molar-refractivity contribution in [3.05, 3.63) is 35.6 Å². The van der Waals surface area contributed by atoms with Crippen molar-refractivity contribution >= 4 is 16.9 Å². The van der Waals surface area contributed by atoms with Gasteiger partial charge in [-0.05, 0) is 44.9 Å². The summed E-state index contributed by atoms with van der Waals surface area (Å²) in [5.74, 6) is 0.331. The third kappa shape index (κ3) is 2.66. The summed E-state index contributed by atoms with van der Waals surface area (Å²) in [6.07, 6.45) is 2.09. The average Bonchev–Trinajstić information content (AvgIpc) is 3.04. The van der Waals surface area contributed by atoms with Crippen LogP contribution in [0.1, 0.15) is 42.3 Å². The molecule has 2 aliphatic rings. The van der Waals surface area contributed by atoms with Crippen molar-refractivity contribution in [2.24, 2.45) is 5.41 Å². The van der Waals surface area contributed by atoms with E-state index in [1.165, 1.54) is 0 Å². The molecule has 1 aromatic heterocycles. The van der Waals surface area contributed by atoms with Crippen LogP contribution >= 0.6 is 0 Å². The number of ether oxygens (including phenoxy) is 1. The highest BCUT2D eigenvalue weighted by Gasteiger charge is 2.56. The summed E-state index contributed by atoms with van der Waals surface area (Å²) in [5, 5.41) is 11.2. The molecule has 1 saturated carbocycles. The Morgan fingerprint density at radius 3 is 2.80 bits per heavy atom. The van der Waals surface area contributed by atoms with Gasteiger partial charge in [-0.15, -0.1) is 0 Å². The summed E-state index contributed by atoms with van der Waals surface area (Å²) in [7, 11) is 0. The lowest BCUT2D eigenvalue weighted by molar-refractivity contribution is -0.207. The third-order valence-corrected chi connectivity index (χ3v) is 5.97. The molecule has 2 fully saturated rings. The number of hydrogen-bond acceptors (Lipinski definition) is 4. The van der Waals surface area contributed by atoms with Gasteiger partial charge in [0, 0.05) is 36.9 Å². The molecule has 1 aliphatic carbocycles. The maximum atomic E-state index is 12.8. The molecule has 2 atom stereocenters. The molecule has 1 aliphatic heterocycles. The molecule has 5 nitrogen and oxygen atoms in total. The Morgan fingerprint density at radius 1 is 1.36 bits per heavy atom. The lowest BCUT2D eigenvalue weighted by Gasteiger charge is -2.56. The second kappa shape index (κ2) is 6.15. The second-order valence-electron chi connectivity index (χ2n) is 7.37. The Labute approximate surface area is 147 Å². The number of likely N-dealkylation sites (tertiary alicyclic amines) is 1. The Bertz CT molecular complexity index is 786. The van der Waals surface area contributed by atoms with E-state index in [0.717, 1.165) is 29.4 Å². The molecule has 1 N–H and O–H groups in total. The van der Waals surface area contributed by atoms with Crippen LogP contribution in [0, 0.1) is 12.3 Å². The van der Waals surface area contributed by atoms with Crippen LogP contribution in [0.25, 0.3) is 11.0 Å². The summed E-state index contributed by atoms with van der Waals surface area (Å²) in [4.78, 5) is 14.6. The van der Waals surface area contributed by atoms with E-state index >= 15 is 0 Å². The second-order valence-corrected chi connectivity index (χ2v) is 7.37. The van der Waals surface area contributed by atoms with Gasteiger partial charge >= 0.3 is 0 Å². The van der Waals surface area contributed by atoms with Gasteiger partial charge in [0.05, 0.1) is 12.2 Å². The van der Waals surface area contributed by atoms with Crippen LogP contribution in [0.4, 0.5) is 0 Å². The molecule has 134 valence electrons. The average molecular weight is 343 g/mol. The fourth-order valence-corrected chi connectivity index (χ4v) is 4.37. The van der Waals surface area contributed by atoms with E-state index in [1.807, 2.05) is 43.0 Å². The van der Waals surface area contributed by atoms with Crippen LogP contribution in [0.5, 0.6) is 0 Å². The Morgan fingerprint density at radius 2 is 2.12 bits per heavy atom. The molecule has 1 spiro atoms. The Kier molecular flexibility index (Phi) is 4.08. The molecule has 5 heteroatoms. The van der Waals surface area contributed by atoms with Crippen molar-refractivity contribution in [3.8, 4) is 0 Å². The van der Waals surface area contributed by atoms with Crippen molar-refractivity contribution in [2.45, 2.75) is 45.3 Å². The first kappa shape index (κ1) is 16.6. The highest BCUT2D eigenvalue weighted by Crippen LogP contribution is 2.51.